The first-order valence-electron chi connectivity index (χ1n) is 9.55. The number of hydrogen-bond donors (Lipinski definition) is 2. The van der Waals surface area contributed by atoms with Crippen LogP contribution in [-0.4, -0.2) is 32.6 Å². The van der Waals surface area contributed by atoms with Gasteiger partial charge < -0.3 is 9.88 Å². The third-order valence-electron chi connectivity index (χ3n) is 4.94. The summed E-state index contributed by atoms with van der Waals surface area (Å²) in [4.78, 5) is 17.5. The average molecular weight is 455 g/mol. The molecule has 0 atom stereocenters. The van der Waals surface area contributed by atoms with E-state index in [1.165, 1.54) is 17.0 Å². The second-order valence-electron chi connectivity index (χ2n) is 7.40. The lowest BCUT2D eigenvalue weighted by Gasteiger charge is -2.17. The summed E-state index contributed by atoms with van der Waals surface area (Å²) in [6.45, 7) is 0. The highest BCUT2D eigenvalue weighted by Crippen LogP contribution is 2.28. The molecule has 0 fully saturated rings. The Balaban J connectivity index is 1.63. The Morgan fingerprint density at radius 3 is 2.50 bits per heavy atom. The van der Waals surface area contributed by atoms with Crippen LogP contribution in [0.4, 0.5) is 20.2 Å². The van der Waals surface area contributed by atoms with Crippen LogP contribution in [0.2, 0.25) is 0 Å². The van der Waals surface area contributed by atoms with Gasteiger partial charge in [-0.2, -0.15) is 0 Å². The first-order valence-corrected chi connectivity index (χ1v) is 11.4. The van der Waals surface area contributed by atoms with Gasteiger partial charge in [0.25, 0.3) is 5.91 Å². The van der Waals surface area contributed by atoms with E-state index in [4.69, 9.17) is 0 Å². The van der Waals surface area contributed by atoms with Gasteiger partial charge in [-0.3, -0.25) is 9.52 Å². The number of H-pyrrole nitrogens is 1. The molecule has 1 amide bonds. The molecule has 9 heteroatoms. The number of aromatic nitrogens is 1. The third kappa shape index (κ3) is 4.47. The zero-order valence-electron chi connectivity index (χ0n) is 17.2. The molecule has 1 heterocycles. The summed E-state index contributed by atoms with van der Waals surface area (Å²) in [5.74, 6) is -1.69. The number of nitrogens with zero attached hydrogens (tertiary/aromatic N) is 1. The van der Waals surface area contributed by atoms with Gasteiger partial charge in [0.15, 0.2) is 0 Å². The molecule has 4 aromatic rings. The number of halogens is 2. The zero-order chi connectivity index (χ0) is 23.0. The summed E-state index contributed by atoms with van der Waals surface area (Å²) in [5.41, 5.74) is 2.53. The van der Waals surface area contributed by atoms with Gasteiger partial charge in [-0.15, -0.1) is 0 Å². The lowest BCUT2D eigenvalue weighted by atomic mass is 10.0. The molecule has 4 rings (SSSR count). The number of rotatable bonds is 5. The standard InChI is InChI=1S/C23H19F2N3O3S/c1-28(18-5-3-4-14(10-18)19-9-7-16(24)12-20(19)25)23(29)22-11-15-6-8-17(13-21(15)26-22)27-32(2,30)31/h3-13,26-27H,1-2H3. The van der Waals surface area contributed by atoms with Gasteiger partial charge in [-0.05, 0) is 48.0 Å². The van der Waals surface area contributed by atoms with Crippen molar-refractivity contribution in [3.8, 4) is 11.1 Å². The fourth-order valence-electron chi connectivity index (χ4n) is 3.42. The van der Waals surface area contributed by atoms with Crippen molar-refractivity contribution in [2.75, 3.05) is 22.9 Å². The van der Waals surface area contributed by atoms with Crippen LogP contribution in [0, 0.1) is 11.6 Å². The van der Waals surface area contributed by atoms with Crippen molar-refractivity contribution in [1.29, 1.82) is 0 Å². The largest absolute Gasteiger partial charge is 0.350 e. The summed E-state index contributed by atoms with van der Waals surface area (Å²) >= 11 is 0. The van der Waals surface area contributed by atoms with Crippen LogP contribution in [0.5, 0.6) is 0 Å². The number of hydrogen-bond acceptors (Lipinski definition) is 3. The van der Waals surface area contributed by atoms with E-state index >= 15 is 0 Å². The average Bonchev–Trinajstić information content (AvgIpc) is 3.15. The highest BCUT2D eigenvalue weighted by atomic mass is 32.2. The van der Waals surface area contributed by atoms with Crippen molar-refractivity contribution in [2.45, 2.75) is 0 Å². The molecule has 0 unspecified atom stereocenters. The maximum Gasteiger partial charge on any atom is 0.274 e. The molecule has 1 aromatic heterocycles. The van der Waals surface area contributed by atoms with Crippen molar-refractivity contribution < 1.29 is 22.0 Å². The minimum atomic E-state index is -3.42. The molecule has 0 saturated carbocycles. The van der Waals surface area contributed by atoms with E-state index in [1.54, 1.807) is 55.6 Å². The van der Waals surface area contributed by atoms with Crippen molar-refractivity contribution in [2.24, 2.45) is 0 Å². The van der Waals surface area contributed by atoms with Crippen LogP contribution >= 0.6 is 0 Å². The molecular weight excluding hydrogens is 436 g/mol. The number of carbonyl (C=O) groups excluding carboxylic acids is 1. The van der Waals surface area contributed by atoms with Gasteiger partial charge in [0.05, 0.1) is 11.9 Å². The maximum absolute atomic E-state index is 14.2. The van der Waals surface area contributed by atoms with E-state index in [0.717, 1.165) is 17.7 Å². The maximum atomic E-state index is 14.2. The zero-order valence-corrected chi connectivity index (χ0v) is 18.0. The highest BCUT2D eigenvalue weighted by molar-refractivity contribution is 7.92. The highest BCUT2D eigenvalue weighted by Gasteiger charge is 2.17. The number of anilines is 2. The molecule has 3 aromatic carbocycles. The molecule has 0 bridgehead atoms. The van der Waals surface area contributed by atoms with Crippen LogP contribution < -0.4 is 9.62 Å². The van der Waals surface area contributed by atoms with Crippen LogP contribution in [0.3, 0.4) is 0 Å². The van der Waals surface area contributed by atoms with Crippen LogP contribution in [-0.2, 0) is 10.0 Å². The van der Waals surface area contributed by atoms with Gasteiger partial charge in [0, 0.05) is 35.3 Å². The Hall–Kier alpha value is -3.72. The Morgan fingerprint density at radius 2 is 1.78 bits per heavy atom. The number of benzene rings is 3. The number of aromatic amines is 1. The fraction of sp³-hybridized carbons (Fsp3) is 0.0870. The summed E-state index contributed by atoms with van der Waals surface area (Å²) in [6.07, 6.45) is 1.06. The topological polar surface area (TPSA) is 82.3 Å². The van der Waals surface area contributed by atoms with E-state index in [2.05, 4.69) is 9.71 Å². The van der Waals surface area contributed by atoms with E-state index in [1.807, 2.05) is 0 Å². The van der Waals surface area contributed by atoms with Gasteiger partial charge in [0.1, 0.15) is 17.3 Å². The Morgan fingerprint density at radius 1 is 1.00 bits per heavy atom. The number of fused-ring (bicyclic) bond motifs is 1. The molecule has 6 nitrogen and oxygen atoms in total. The monoisotopic (exact) mass is 455 g/mol. The van der Waals surface area contributed by atoms with Gasteiger partial charge in [0.2, 0.25) is 10.0 Å². The molecular formula is C23H19F2N3O3S. The van der Waals surface area contributed by atoms with Crippen molar-refractivity contribution in [3.63, 3.8) is 0 Å². The number of carbonyl (C=O) groups is 1. The van der Waals surface area contributed by atoms with Crippen molar-refractivity contribution in [3.05, 3.63) is 84.1 Å². The lowest BCUT2D eigenvalue weighted by Crippen LogP contribution is -2.26. The van der Waals surface area contributed by atoms with Gasteiger partial charge in [-0.25, -0.2) is 17.2 Å². The number of sulfonamides is 1. The minimum Gasteiger partial charge on any atom is -0.350 e. The van der Waals surface area contributed by atoms with Gasteiger partial charge in [-0.1, -0.05) is 18.2 Å². The molecule has 0 spiro atoms. The normalized spacial score (nSPS) is 11.5. The van der Waals surface area contributed by atoms with Crippen molar-refractivity contribution >= 4 is 38.2 Å². The summed E-state index contributed by atoms with van der Waals surface area (Å²) in [5, 5.41) is 0.739. The molecule has 164 valence electrons. The first-order chi connectivity index (χ1) is 15.1. The van der Waals surface area contributed by atoms with Crippen LogP contribution in [0.15, 0.2) is 66.7 Å². The Labute approximate surface area is 183 Å². The molecule has 32 heavy (non-hydrogen) atoms. The molecule has 0 aliphatic rings. The molecule has 0 radical (unpaired) electrons. The first kappa shape index (κ1) is 21.5. The van der Waals surface area contributed by atoms with Crippen molar-refractivity contribution in [1.82, 2.24) is 4.98 Å². The minimum absolute atomic E-state index is 0.227. The molecule has 0 aliphatic carbocycles. The summed E-state index contributed by atoms with van der Waals surface area (Å²) in [6, 6.07) is 16.6. The quantitative estimate of drug-likeness (QED) is 0.455. The molecule has 0 aliphatic heterocycles. The second kappa shape index (κ2) is 8.08. The summed E-state index contributed by atoms with van der Waals surface area (Å²) < 4.78 is 52.7. The van der Waals surface area contributed by atoms with E-state index in [-0.39, 0.29) is 11.5 Å². The van der Waals surface area contributed by atoms with E-state index in [9.17, 15) is 22.0 Å². The SMILES string of the molecule is CN(C(=O)c1cc2ccc(NS(C)(=O)=O)cc2[nH]1)c1cccc(-c2ccc(F)cc2F)c1. The van der Waals surface area contributed by atoms with Crippen LogP contribution in [0.25, 0.3) is 22.0 Å². The van der Waals surface area contributed by atoms with Gasteiger partial charge >= 0.3 is 0 Å². The Kier molecular flexibility index (Phi) is 5.43. The fourth-order valence-corrected chi connectivity index (χ4v) is 3.98. The third-order valence-corrected chi connectivity index (χ3v) is 5.54. The second-order valence-corrected chi connectivity index (χ2v) is 9.15. The molecule has 0 saturated heterocycles. The predicted molar refractivity (Wildman–Crippen MR) is 121 cm³/mol. The predicted octanol–water partition coefficient (Wildman–Crippen LogP) is 4.76. The van der Waals surface area contributed by atoms with E-state index < -0.39 is 21.7 Å². The molecule has 2 N–H and O–H groups in total. The van der Waals surface area contributed by atoms with Crippen LogP contribution in [0.1, 0.15) is 10.5 Å². The Bertz CT molecular complexity index is 1450. The number of nitrogens with one attached hydrogen (secondary N) is 2. The number of amides is 1. The van der Waals surface area contributed by atoms with E-state index in [0.29, 0.717) is 28.1 Å². The lowest BCUT2D eigenvalue weighted by molar-refractivity contribution is 0.0989. The summed E-state index contributed by atoms with van der Waals surface area (Å²) in [7, 11) is -1.84. The smallest absolute Gasteiger partial charge is 0.274 e.